The largest absolute Gasteiger partial charge is 0.464 e. The van der Waals surface area contributed by atoms with Crippen LogP contribution in [0.4, 0.5) is 11.4 Å². The van der Waals surface area contributed by atoms with E-state index in [1.807, 2.05) is 0 Å². The lowest BCUT2D eigenvalue weighted by Gasteiger charge is -1.96. The minimum atomic E-state index is -1.10. The number of aromatic nitrogens is 4. The highest BCUT2D eigenvalue weighted by atomic mass is 16.6. The molecule has 2 aromatic heterocycles. The van der Waals surface area contributed by atoms with E-state index in [1.54, 1.807) is 0 Å². The van der Waals surface area contributed by atoms with Crippen LogP contribution in [0.5, 0.6) is 0 Å². The maximum Gasteiger partial charge on any atom is 0.363 e. The summed E-state index contributed by atoms with van der Waals surface area (Å²) in [7, 11) is 1.97. The number of rotatable bonds is 5. The number of nitrogens with one attached hydrogen (secondary N) is 2. The molecule has 0 atom stereocenters. The lowest BCUT2D eigenvalue weighted by atomic mass is 10.2. The number of H-pyrrole nitrogens is 2. The van der Waals surface area contributed by atoms with Crippen molar-refractivity contribution in [2.45, 2.75) is 0 Å². The van der Waals surface area contributed by atoms with Crippen molar-refractivity contribution in [1.29, 1.82) is 0 Å². The van der Waals surface area contributed by atoms with E-state index < -0.39 is 55.9 Å². The molecule has 14 heteroatoms. The zero-order chi connectivity index (χ0) is 18.0. The molecular formula is C10H8N6O8. The quantitative estimate of drug-likeness (QED) is 0.430. The third-order valence-electron chi connectivity index (χ3n) is 2.85. The Kier molecular flexibility index (Phi) is 4.21. The fraction of sp³-hybridized carbons (Fsp3) is 0.200. The standard InChI is InChI=1S/C10H8N6O8/c1-23-9(17)5-7(15(19)20)3(11-13-5)4-8(16(21)22)6(14-12-4)10(18)24-2/h1-2H3,(H,11,13)(H,12,14). The first-order chi connectivity index (χ1) is 11.3. The van der Waals surface area contributed by atoms with E-state index in [-0.39, 0.29) is 0 Å². The molecule has 0 aliphatic carbocycles. The van der Waals surface area contributed by atoms with Gasteiger partial charge in [0.1, 0.15) is 0 Å². The van der Waals surface area contributed by atoms with Crippen molar-refractivity contribution in [3.05, 3.63) is 31.6 Å². The molecule has 0 radical (unpaired) electrons. The van der Waals surface area contributed by atoms with Crippen molar-refractivity contribution in [1.82, 2.24) is 20.4 Å². The summed E-state index contributed by atoms with van der Waals surface area (Å²) in [4.78, 5) is 43.5. The number of hydrogen-bond acceptors (Lipinski definition) is 10. The molecule has 0 aliphatic rings. The van der Waals surface area contributed by atoms with Crippen molar-refractivity contribution >= 4 is 23.3 Å². The molecule has 0 unspecified atom stereocenters. The number of hydrogen-bond donors (Lipinski definition) is 2. The van der Waals surface area contributed by atoms with Gasteiger partial charge in [-0.1, -0.05) is 0 Å². The zero-order valence-electron chi connectivity index (χ0n) is 12.1. The molecule has 24 heavy (non-hydrogen) atoms. The normalized spacial score (nSPS) is 10.2. The summed E-state index contributed by atoms with van der Waals surface area (Å²) in [6.07, 6.45) is 0. The van der Waals surface area contributed by atoms with Crippen LogP contribution in [0.2, 0.25) is 0 Å². The molecule has 0 bridgehead atoms. The Morgan fingerprint density at radius 1 is 0.875 bits per heavy atom. The average molecular weight is 340 g/mol. The first kappa shape index (κ1) is 16.5. The van der Waals surface area contributed by atoms with Gasteiger partial charge in [-0.25, -0.2) is 9.59 Å². The lowest BCUT2D eigenvalue weighted by Crippen LogP contribution is -2.06. The highest BCUT2D eigenvalue weighted by Gasteiger charge is 2.38. The molecular weight excluding hydrogens is 332 g/mol. The minimum Gasteiger partial charge on any atom is -0.464 e. The molecule has 0 aliphatic heterocycles. The van der Waals surface area contributed by atoms with Crippen LogP contribution in [0.1, 0.15) is 21.0 Å². The summed E-state index contributed by atoms with van der Waals surface area (Å²) in [6, 6.07) is 0. The Morgan fingerprint density at radius 3 is 1.46 bits per heavy atom. The van der Waals surface area contributed by atoms with Crippen molar-refractivity contribution in [2.75, 3.05) is 14.2 Å². The Labute approximate surface area is 131 Å². The zero-order valence-corrected chi connectivity index (χ0v) is 12.1. The molecule has 2 N–H and O–H groups in total. The van der Waals surface area contributed by atoms with Gasteiger partial charge in [-0.3, -0.25) is 30.4 Å². The number of nitro groups is 2. The van der Waals surface area contributed by atoms with E-state index >= 15 is 0 Å². The molecule has 2 heterocycles. The van der Waals surface area contributed by atoms with E-state index in [4.69, 9.17) is 0 Å². The highest BCUT2D eigenvalue weighted by molar-refractivity contribution is 5.98. The number of nitrogens with zero attached hydrogens (tertiary/aromatic N) is 4. The van der Waals surface area contributed by atoms with Crippen LogP contribution in [-0.4, -0.2) is 56.4 Å². The smallest absolute Gasteiger partial charge is 0.363 e. The second-order valence-electron chi connectivity index (χ2n) is 4.09. The van der Waals surface area contributed by atoms with E-state index in [0.29, 0.717) is 0 Å². The Morgan fingerprint density at radius 2 is 1.21 bits per heavy atom. The van der Waals surface area contributed by atoms with Gasteiger partial charge >= 0.3 is 23.3 Å². The summed E-state index contributed by atoms with van der Waals surface area (Å²) < 4.78 is 8.73. The van der Waals surface area contributed by atoms with Crippen molar-refractivity contribution in [2.24, 2.45) is 0 Å². The van der Waals surface area contributed by atoms with E-state index in [1.165, 1.54) is 0 Å². The second-order valence-corrected chi connectivity index (χ2v) is 4.09. The van der Waals surface area contributed by atoms with Gasteiger partial charge in [0.05, 0.1) is 24.1 Å². The van der Waals surface area contributed by atoms with Gasteiger partial charge in [0.2, 0.25) is 11.4 Å². The van der Waals surface area contributed by atoms with Gasteiger partial charge in [0, 0.05) is 0 Å². The summed E-state index contributed by atoms with van der Waals surface area (Å²) >= 11 is 0. The van der Waals surface area contributed by atoms with Gasteiger partial charge in [-0.15, -0.1) is 0 Å². The number of ether oxygens (including phenoxy) is 2. The highest BCUT2D eigenvalue weighted by Crippen LogP contribution is 2.36. The number of aromatic amines is 2. The van der Waals surface area contributed by atoms with Crippen LogP contribution in [-0.2, 0) is 9.47 Å². The van der Waals surface area contributed by atoms with Crippen molar-refractivity contribution in [3.8, 4) is 11.4 Å². The van der Waals surface area contributed by atoms with Gasteiger partial charge in [-0.2, -0.15) is 10.2 Å². The van der Waals surface area contributed by atoms with Crippen LogP contribution < -0.4 is 0 Å². The molecule has 0 spiro atoms. The molecule has 0 saturated carbocycles. The SMILES string of the molecule is COC(=O)c1[nH]nc(-c2n[nH]c(C(=O)OC)c2[N+](=O)[O-])c1[N+](=O)[O-]. The van der Waals surface area contributed by atoms with Crippen LogP contribution >= 0.6 is 0 Å². The first-order valence-electron chi connectivity index (χ1n) is 5.95. The Hall–Kier alpha value is -3.84. The summed E-state index contributed by atoms with van der Waals surface area (Å²) in [5.41, 5.74) is -4.25. The number of carbonyl (C=O) groups is 2. The summed E-state index contributed by atoms with van der Waals surface area (Å²) in [5.74, 6) is -2.21. The third-order valence-corrected chi connectivity index (χ3v) is 2.85. The maximum atomic E-state index is 11.5. The van der Waals surface area contributed by atoms with Crippen LogP contribution in [0.3, 0.4) is 0 Å². The topological polar surface area (TPSA) is 196 Å². The molecule has 14 nitrogen and oxygen atoms in total. The summed E-state index contributed by atoms with van der Waals surface area (Å²) in [6.45, 7) is 0. The van der Waals surface area contributed by atoms with Gasteiger partial charge in [-0.05, 0) is 0 Å². The van der Waals surface area contributed by atoms with E-state index in [2.05, 4.69) is 29.9 Å². The Bertz CT molecular complexity index is 781. The predicted molar refractivity (Wildman–Crippen MR) is 72.2 cm³/mol. The molecule has 0 amide bonds. The molecule has 2 aromatic rings. The molecule has 0 fully saturated rings. The fourth-order valence-corrected chi connectivity index (χ4v) is 1.85. The van der Waals surface area contributed by atoms with Crippen LogP contribution in [0.15, 0.2) is 0 Å². The monoisotopic (exact) mass is 340 g/mol. The summed E-state index contributed by atoms with van der Waals surface area (Å²) in [5, 5.41) is 33.6. The maximum absolute atomic E-state index is 11.5. The van der Waals surface area contributed by atoms with Gasteiger partial charge < -0.3 is 9.47 Å². The lowest BCUT2D eigenvalue weighted by molar-refractivity contribution is -0.386. The minimum absolute atomic E-state index is 0.612. The molecule has 126 valence electrons. The van der Waals surface area contributed by atoms with Gasteiger partial charge in [0.25, 0.3) is 0 Å². The van der Waals surface area contributed by atoms with Crippen LogP contribution in [0.25, 0.3) is 11.4 Å². The second kappa shape index (κ2) is 6.11. The predicted octanol–water partition coefficient (Wildman–Crippen LogP) is 0.189. The average Bonchev–Trinajstić information content (AvgIpc) is 3.16. The molecule has 2 rings (SSSR count). The van der Waals surface area contributed by atoms with E-state index in [9.17, 15) is 29.8 Å². The van der Waals surface area contributed by atoms with Gasteiger partial charge in [0.15, 0.2) is 11.4 Å². The fourth-order valence-electron chi connectivity index (χ4n) is 1.85. The molecule has 0 aromatic carbocycles. The van der Waals surface area contributed by atoms with Crippen molar-refractivity contribution < 1.29 is 28.9 Å². The Balaban J connectivity index is 2.74. The van der Waals surface area contributed by atoms with E-state index in [0.717, 1.165) is 14.2 Å². The third kappa shape index (κ3) is 2.51. The number of esters is 2. The number of methoxy groups -OCH3 is 2. The molecule has 0 saturated heterocycles. The van der Waals surface area contributed by atoms with Crippen LogP contribution in [0, 0.1) is 20.2 Å². The van der Waals surface area contributed by atoms with Crippen molar-refractivity contribution in [3.63, 3.8) is 0 Å². The number of carbonyl (C=O) groups excluding carboxylic acids is 2. The first-order valence-corrected chi connectivity index (χ1v) is 5.95.